The molecule has 0 spiro atoms. The van der Waals surface area contributed by atoms with E-state index in [0.717, 1.165) is 0 Å². The van der Waals surface area contributed by atoms with Crippen molar-refractivity contribution < 1.29 is 53.0 Å². The summed E-state index contributed by atoms with van der Waals surface area (Å²) in [5, 5.41) is 0. The summed E-state index contributed by atoms with van der Waals surface area (Å²) in [7, 11) is 0. The fourth-order valence-electron chi connectivity index (χ4n) is 0. The molecule has 0 rings (SSSR count). The van der Waals surface area contributed by atoms with Crippen molar-refractivity contribution in [2.45, 2.75) is 0 Å². The van der Waals surface area contributed by atoms with Crippen LogP contribution in [0.15, 0.2) is 0 Å². The zero-order valence-electron chi connectivity index (χ0n) is 2.58. The molecule has 0 aromatic rings. The molecule has 0 saturated carbocycles. The van der Waals surface area contributed by atoms with E-state index in [0.29, 0.717) is 23.0 Å². The molecule has 0 bridgehead atoms. The van der Waals surface area contributed by atoms with Crippen LogP contribution in [0.2, 0.25) is 0 Å². The van der Waals surface area contributed by atoms with E-state index < -0.39 is 0 Å². The summed E-state index contributed by atoms with van der Waals surface area (Å²) in [6, 6.07) is 0. The number of hydrogen-bond acceptors (Lipinski definition) is 1. The third-order valence-corrected chi connectivity index (χ3v) is 0. The van der Waals surface area contributed by atoms with E-state index in [1.54, 1.807) is 0 Å². The monoisotopic (exact) mass is 269 g/mol. The van der Waals surface area contributed by atoms with Gasteiger partial charge >= 0.3 is 65.1 Å². The van der Waals surface area contributed by atoms with Gasteiger partial charge in [-0.25, -0.2) is 0 Å². The van der Waals surface area contributed by atoms with E-state index in [2.05, 4.69) is 0 Å². The molecule has 0 unspecified atom stereocenters. The van der Waals surface area contributed by atoms with Crippen molar-refractivity contribution >= 4 is 23.0 Å². The first-order valence-corrected chi connectivity index (χ1v) is 1.22. The second-order valence-electron chi connectivity index (χ2n) is 0. The van der Waals surface area contributed by atoms with Crippen molar-refractivity contribution in [2.75, 3.05) is 0 Å². The third kappa shape index (κ3) is 41.6. The molecule has 0 aliphatic heterocycles. The van der Waals surface area contributed by atoms with Gasteiger partial charge in [0.15, 0.2) is 0 Å². The Labute approximate surface area is 75.4 Å². The zero-order valence-corrected chi connectivity index (χ0v) is 7.97. The average Bonchev–Trinajstić information content (AvgIpc) is 1.00. The van der Waals surface area contributed by atoms with Crippen molar-refractivity contribution in [1.29, 1.82) is 0 Å². The van der Waals surface area contributed by atoms with Gasteiger partial charge in [-0.2, -0.15) is 0 Å². The van der Waals surface area contributed by atoms with Crippen LogP contribution in [-0.4, -0.2) is 23.0 Å². The Morgan fingerprint density at radius 3 is 1.00 bits per heavy atom. The van der Waals surface area contributed by atoms with E-state index >= 15 is 0 Å². The summed E-state index contributed by atoms with van der Waals surface area (Å²) in [6.07, 6.45) is 0. The van der Waals surface area contributed by atoms with Gasteiger partial charge in [-0.15, -0.1) is 0 Å². The van der Waals surface area contributed by atoms with Crippen LogP contribution in [0, 0.1) is 0 Å². The molecule has 3 radical (unpaired) electrons. The summed E-state index contributed by atoms with van der Waals surface area (Å²) >= 11 is 0.500. The molecule has 0 amide bonds. The Kier molecular flexibility index (Phi) is 549. The molecule has 3 nitrogen and oxygen atoms in total. The van der Waals surface area contributed by atoms with Crippen LogP contribution in [0.25, 0.3) is 0 Å². The van der Waals surface area contributed by atoms with Crippen LogP contribution >= 0.6 is 0 Å². The van der Waals surface area contributed by atoms with Gasteiger partial charge in [0.05, 0.1) is 0 Å². The molecule has 6 heavy (non-hydrogen) atoms. The molecule has 0 aromatic carbocycles. The maximum Gasteiger partial charge on any atom is 4.00 e. The number of rotatable bonds is 0. The summed E-state index contributed by atoms with van der Waals surface area (Å²) < 4.78 is 8.30. The molecular formula is CrO3SbTi+4. The van der Waals surface area contributed by atoms with Crippen molar-refractivity contribution in [1.82, 2.24) is 0 Å². The van der Waals surface area contributed by atoms with Crippen molar-refractivity contribution in [3.8, 4) is 0 Å². The van der Waals surface area contributed by atoms with Gasteiger partial charge in [0.1, 0.15) is 0 Å². The fraction of sp³-hybridized carbons (Fsp3) is 0. The summed E-state index contributed by atoms with van der Waals surface area (Å²) in [6.45, 7) is 0. The van der Waals surface area contributed by atoms with Crippen molar-refractivity contribution in [3.05, 3.63) is 0 Å². The zero-order chi connectivity index (χ0) is 2.00. The topological polar surface area (TPSA) is 74.1 Å². The van der Waals surface area contributed by atoms with Crippen LogP contribution in [0.4, 0.5) is 0 Å². The first-order valence-electron chi connectivity index (χ1n) is 0.183. The van der Waals surface area contributed by atoms with Gasteiger partial charge < -0.3 is 11.0 Å². The molecule has 0 atom stereocenters. The minimum absolute atomic E-state index is 0. The molecule has 0 saturated heterocycles. The standard InChI is InChI=1S/Cr.3O.Sb.Ti/q+3;;2*-2;+1;+4. The van der Waals surface area contributed by atoms with E-state index in [-0.39, 0.29) is 50.0 Å². The maximum atomic E-state index is 8.30. The summed E-state index contributed by atoms with van der Waals surface area (Å²) in [5.74, 6) is 0. The number of hydrogen-bond donors (Lipinski definition) is 0. The Balaban J connectivity index is -0.000000000833. The van der Waals surface area contributed by atoms with Crippen molar-refractivity contribution in [2.24, 2.45) is 0 Å². The van der Waals surface area contributed by atoms with E-state index in [9.17, 15) is 0 Å². The minimum atomic E-state index is 0. The van der Waals surface area contributed by atoms with Gasteiger partial charge in [0, 0.05) is 0 Å². The van der Waals surface area contributed by atoms with Gasteiger partial charge in [-0.05, 0) is 0 Å². The second kappa shape index (κ2) is 71.3. The maximum absolute atomic E-state index is 8.30. The smallest absolute Gasteiger partial charge is 4.00 e. The van der Waals surface area contributed by atoms with Crippen LogP contribution in [0.1, 0.15) is 0 Å². The van der Waals surface area contributed by atoms with E-state index in [4.69, 9.17) is 3.02 Å². The molecule has 0 aliphatic rings. The summed E-state index contributed by atoms with van der Waals surface area (Å²) in [4.78, 5) is 0. The minimum Gasteiger partial charge on any atom is 4.00 e. The molecule has 0 fully saturated rings. The van der Waals surface area contributed by atoms with E-state index in [1.807, 2.05) is 0 Å². The Morgan fingerprint density at radius 1 is 1.00 bits per heavy atom. The molecular weight excluding hydrogens is 270 g/mol. The average molecular weight is 270 g/mol. The molecule has 0 N–H and O–H groups in total. The first kappa shape index (κ1) is 46.2. The van der Waals surface area contributed by atoms with Crippen LogP contribution in [0.3, 0.4) is 0 Å². The fourth-order valence-corrected chi connectivity index (χ4v) is 0. The van der Waals surface area contributed by atoms with Crippen LogP contribution < -0.4 is 0 Å². The van der Waals surface area contributed by atoms with Gasteiger partial charge in [-0.3, -0.25) is 0 Å². The molecule has 0 aromatic heterocycles. The van der Waals surface area contributed by atoms with Crippen LogP contribution in [-0.2, 0) is 53.0 Å². The molecule has 0 aliphatic carbocycles. The summed E-state index contributed by atoms with van der Waals surface area (Å²) in [5.41, 5.74) is 0. The van der Waals surface area contributed by atoms with Gasteiger partial charge in [-0.1, -0.05) is 0 Å². The normalized spacial score (nSPS) is 0.667. The third-order valence-electron chi connectivity index (χ3n) is 0. The predicted octanol–water partition coefficient (Wildman–Crippen LogP) is -0.742. The quantitative estimate of drug-likeness (QED) is 0.534. The van der Waals surface area contributed by atoms with Crippen molar-refractivity contribution in [3.63, 3.8) is 0 Å². The Morgan fingerprint density at radius 2 is 1.00 bits per heavy atom. The Hall–Kier alpha value is 1.78. The molecule has 0 heterocycles. The SMILES string of the molecule is [Cr+3].[O-2].[O-2].[O]=[Sb+].[Ti+4]. The van der Waals surface area contributed by atoms with Gasteiger partial charge in [0.2, 0.25) is 0 Å². The first-order chi connectivity index (χ1) is 1.00. The van der Waals surface area contributed by atoms with E-state index in [1.165, 1.54) is 0 Å². The molecule has 6 heteroatoms. The molecule has 29 valence electrons. The largest absolute Gasteiger partial charge is 4.00 e. The second-order valence-corrected chi connectivity index (χ2v) is 0. The predicted molar refractivity (Wildman–Crippen MR) is 7.81 cm³/mol. The van der Waals surface area contributed by atoms with Gasteiger partial charge in [0.25, 0.3) is 0 Å². The Bertz CT molecular complexity index is 10.8. The van der Waals surface area contributed by atoms with Crippen LogP contribution in [0.5, 0.6) is 0 Å².